The van der Waals surface area contributed by atoms with E-state index in [1.165, 1.54) is 30.6 Å². The van der Waals surface area contributed by atoms with Gasteiger partial charge in [0, 0.05) is 25.8 Å². The van der Waals surface area contributed by atoms with Crippen LogP contribution in [0.25, 0.3) is 0 Å². The van der Waals surface area contributed by atoms with E-state index in [1.54, 1.807) is 36.4 Å². The van der Waals surface area contributed by atoms with Crippen LogP contribution in [0.5, 0.6) is 5.75 Å². The number of nitrogens with one attached hydrogen (secondary N) is 1. The summed E-state index contributed by atoms with van der Waals surface area (Å²) in [5.74, 6) is 0.377. The maximum absolute atomic E-state index is 12.8. The minimum Gasteiger partial charge on any atom is -0.497 e. The van der Waals surface area contributed by atoms with Crippen LogP contribution in [0.1, 0.15) is 23.2 Å². The molecule has 0 saturated carbocycles. The highest BCUT2D eigenvalue weighted by Gasteiger charge is 2.22. The van der Waals surface area contributed by atoms with Crippen LogP contribution in [0.3, 0.4) is 0 Å². The lowest BCUT2D eigenvalue weighted by Crippen LogP contribution is -2.31. The molecule has 1 fully saturated rings. The van der Waals surface area contributed by atoms with Crippen LogP contribution in [0.2, 0.25) is 0 Å². The Morgan fingerprint density at radius 3 is 2.43 bits per heavy atom. The van der Waals surface area contributed by atoms with E-state index in [-0.39, 0.29) is 16.9 Å². The van der Waals surface area contributed by atoms with E-state index in [0.717, 1.165) is 19.4 Å². The molecule has 1 N–H and O–H groups in total. The van der Waals surface area contributed by atoms with Crippen LogP contribution in [0, 0.1) is 0 Å². The number of hydrogen-bond donors (Lipinski definition) is 1. The van der Waals surface area contributed by atoms with Gasteiger partial charge >= 0.3 is 0 Å². The van der Waals surface area contributed by atoms with Crippen LogP contribution < -0.4 is 14.4 Å². The van der Waals surface area contributed by atoms with Gasteiger partial charge in [-0.25, -0.2) is 8.42 Å². The van der Waals surface area contributed by atoms with Crippen LogP contribution in [0.15, 0.2) is 53.4 Å². The fourth-order valence-electron chi connectivity index (χ4n) is 2.98. The molecule has 8 heteroatoms. The number of methoxy groups -OCH3 is 1. The van der Waals surface area contributed by atoms with Crippen molar-refractivity contribution in [3.8, 4) is 5.75 Å². The molecule has 0 spiro atoms. The summed E-state index contributed by atoms with van der Waals surface area (Å²) in [5.41, 5.74) is 0.934. The van der Waals surface area contributed by atoms with Gasteiger partial charge in [0.1, 0.15) is 5.75 Å². The summed E-state index contributed by atoms with van der Waals surface area (Å²) in [5, 5.41) is 2.85. The smallest absolute Gasteiger partial charge is 0.264 e. The van der Waals surface area contributed by atoms with Gasteiger partial charge in [0.25, 0.3) is 15.9 Å². The second kappa shape index (κ2) is 8.62. The third-order valence-electron chi connectivity index (χ3n) is 4.73. The first-order valence-corrected chi connectivity index (χ1v) is 10.5. The number of amides is 1. The normalized spacial score (nSPS) is 16.6. The Morgan fingerprint density at radius 2 is 1.86 bits per heavy atom. The molecule has 1 saturated heterocycles. The SMILES string of the molecule is COc1ccc(S(=O)(=O)N(C)c2ccc(C(=O)NC[C@@H]3CCCO3)cc2)cc1. The molecule has 0 unspecified atom stereocenters. The molecule has 1 heterocycles. The lowest BCUT2D eigenvalue weighted by atomic mass is 10.2. The third kappa shape index (κ3) is 4.45. The minimum absolute atomic E-state index is 0.0731. The van der Waals surface area contributed by atoms with Gasteiger partial charge in [-0.05, 0) is 61.4 Å². The highest BCUT2D eigenvalue weighted by atomic mass is 32.2. The van der Waals surface area contributed by atoms with Crippen molar-refractivity contribution < 1.29 is 22.7 Å². The fourth-order valence-corrected chi connectivity index (χ4v) is 4.18. The quantitative estimate of drug-likeness (QED) is 0.766. The average Bonchev–Trinajstić information content (AvgIpc) is 3.25. The number of ether oxygens (including phenoxy) is 2. The van der Waals surface area contributed by atoms with Crippen LogP contribution >= 0.6 is 0 Å². The van der Waals surface area contributed by atoms with Crippen molar-refractivity contribution in [3.05, 3.63) is 54.1 Å². The zero-order valence-electron chi connectivity index (χ0n) is 15.9. The molecule has 1 aliphatic rings. The van der Waals surface area contributed by atoms with Crippen molar-refractivity contribution in [1.29, 1.82) is 0 Å². The Morgan fingerprint density at radius 1 is 1.18 bits per heavy atom. The van der Waals surface area contributed by atoms with Gasteiger partial charge in [-0.2, -0.15) is 0 Å². The second-order valence-electron chi connectivity index (χ2n) is 6.54. The molecule has 0 aromatic heterocycles. The molecule has 150 valence electrons. The Labute approximate surface area is 165 Å². The Bertz CT molecular complexity index is 905. The van der Waals surface area contributed by atoms with E-state index in [9.17, 15) is 13.2 Å². The third-order valence-corrected chi connectivity index (χ3v) is 6.52. The van der Waals surface area contributed by atoms with E-state index in [4.69, 9.17) is 9.47 Å². The molecule has 2 aromatic rings. The number of carbonyl (C=O) groups excluding carboxylic acids is 1. The Hall–Kier alpha value is -2.58. The summed E-state index contributed by atoms with van der Waals surface area (Å²) in [6.45, 7) is 1.22. The minimum atomic E-state index is -3.71. The summed E-state index contributed by atoms with van der Waals surface area (Å²) in [7, 11) is -0.711. The molecule has 0 bridgehead atoms. The number of nitrogens with zero attached hydrogens (tertiary/aromatic N) is 1. The van der Waals surface area contributed by atoms with Crippen molar-refractivity contribution in [3.63, 3.8) is 0 Å². The Balaban J connectivity index is 1.68. The standard InChI is InChI=1S/C20H24N2O5S/c1-22(28(24,25)19-11-9-17(26-2)10-12-19)16-7-5-15(6-8-16)20(23)21-14-18-4-3-13-27-18/h5-12,18H,3-4,13-14H2,1-2H3,(H,21,23)/t18-/m0/s1. The number of benzene rings is 2. The molecule has 7 nitrogen and oxygen atoms in total. The molecule has 3 rings (SSSR count). The Kier molecular flexibility index (Phi) is 6.21. The first-order chi connectivity index (χ1) is 13.4. The van der Waals surface area contributed by atoms with Gasteiger partial charge in [-0.15, -0.1) is 0 Å². The summed E-state index contributed by atoms with van der Waals surface area (Å²) < 4.78 is 37.3. The van der Waals surface area contributed by atoms with Gasteiger partial charge in [0.05, 0.1) is 23.8 Å². The summed E-state index contributed by atoms with van der Waals surface area (Å²) in [4.78, 5) is 12.4. The number of carbonyl (C=O) groups is 1. The molecular weight excluding hydrogens is 380 g/mol. The molecular formula is C20H24N2O5S. The summed E-state index contributed by atoms with van der Waals surface area (Å²) >= 11 is 0. The predicted molar refractivity (Wildman–Crippen MR) is 106 cm³/mol. The maximum atomic E-state index is 12.8. The highest BCUT2D eigenvalue weighted by molar-refractivity contribution is 7.92. The fraction of sp³-hybridized carbons (Fsp3) is 0.350. The second-order valence-corrected chi connectivity index (χ2v) is 8.51. The van der Waals surface area contributed by atoms with Gasteiger partial charge < -0.3 is 14.8 Å². The van der Waals surface area contributed by atoms with Crippen molar-refractivity contribution in [2.45, 2.75) is 23.8 Å². The van der Waals surface area contributed by atoms with Gasteiger partial charge in [0.15, 0.2) is 0 Å². The van der Waals surface area contributed by atoms with E-state index < -0.39 is 10.0 Å². The molecule has 0 aliphatic carbocycles. The zero-order valence-corrected chi connectivity index (χ0v) is 16.7. The van der Waals surface area contributed by atoms with Crippen LogP contribution in [-0.4, -0.2) is 47.7 Å². The van der Waals surface area contributed by atoms with Crippen molar-refractivity contribution >= 4 is 21.6 Å². The van der Waals surface area contributed by atoms with E-state index in [0.29, 0.717) is 23.5 Å². The molecule has 2 aromatic carbocycles. The number of anilines is 1. The molecule has 28 heavy (non-hydrogen) atoms. The van der Waals surface area contributed by atoms with Crippen LogP contribution in [0.4, 0.5) is 5.69 Å². The maximum Gasteiger partial charge on any atom is 0.264 e. The topological polar surface area (TPSA) is 84.9 Å². The molecule has 1 atom stereocenters. The largest absolute Gasteiger partial charge is 0.497 e. The van der Waals surface area contributed by atoms with Gasteiger partial charge in [-0.3, -0.25) is 9.10 Å². The highest BCUT2D eigenvalue weighted by Crippen LogP contribution is 2.24. The van der Waals surface area contributed by atoms with E-state index in [1.807, 2.05) is 0 Å². The van der Waals surface area contributed by atoms with E-state index >= 15 is 0 Å². The van der Waals surface area contributed by atoms with Gasteiger partial charge in [0.2, 0.25) is 0 Å². The van der Waals surface area contributed by atoms with Crippen molar-refractivity contribution in [2.75, 3.05) is 31.6 Å². The predicted octanol–water partition coefficient (Wildman–Crippen LogP) is 2.43. The number of rotatable bonds is 7. The average molecular weight is 404 g/mol. The van der Waals surface area contributed by atoms with Crippen molar-refractivity contribution in [1.82, 2.24) is 5.32 Å². The number of sulfonamides is 1. The summed E-state index contributed by atoms with van der Waals surface area (Å²) in [6, 6.07) is 12.6. The molecule has 1 amide bonds. The first kappa shape index (κ1) is 20.2. The van der Waals surface area contributed by atoms with Gasteiger partial charge in [-0.1, -0.05) is 0 Å². The van der Waals surface area contributed by atoms with Crippen LogP contribution in [-0.2, 0) is 14.8 Å². The lowest BCUT2D eigenvalue weighted by Gasteiger charge is -2.20. The lowest BCUT2D eigenvalue weighted by molar-refractivity contribution is 0.0858. The van der Waals surface area contributed by atoms with Crippen molar-refractivity contribution in [2.24, 2.45) is 0 Å². The number of hydrogen-bond acceptors (Lipinski definition) is 5. The molecule has 1 aliphatic heterocycles. The summed E-state index contributed by atoms with van der Waals surface area (Å²) in [6.07, 6.45) is 2.04. The molecule has 0 radical (unpaired) electrons. The monoisotopic (exact) mass is 404 g/mol. The van der Waals surface area contributed by atoms with E-state index in [2.05, 4.69) is 5.32 Å². The zero-order chi connectivity index (χ0) is 20.1. The first-order valence-electron chi connectivity index (χ1n) is 9.04.